The van der Waals surface area contributed by atoms with Gasteiger partial charge >= 0.3 is 0 Å². The van der Waals surface area contributed by atoms with E-state index in [1.54, 1.807) is 6.20 Å². The van der Waals surface area contributed by atoms with Gasteiger partial charge < -0.3 is 0 Å². The van der Waals surface area contributed by atoms with Crippen LogP contribution < -0.4 is 0 Å². The Balaban J connectivity index is 2.85. The average molecular weight is 254 g/mol. The van der Waals surface area contributed by atoms with Crippen LogP contribution in [0.25, 0.3) is 0 Å². The summed E-state index contributed by atoms with van der Waals surface area (Å²) in [6.07, 6.45) is 3.68. The van der Waals surface area contributed by atoms with Gasteiger partial charge in [-0.3, -0.25) is 4.68 Å². The fourth-order valence-electron chi connectivity index (χ4n) is 0.509. The molecule has 50 valence electrons. The first-order valence-corrected chi connectivity index (χ1v) is 4.25. The topological polar surface area (TPSA) is 17.8 Å². The van der Waals surface area contributed by atoms with Crippen molar-refractivity contribution in [2.75, 3.05) is 0 Å². The molecule has 9 heavy (non-hydrogen) atoms. The van der Waals surface area contributed by atoms with Crippen molar-refractivity contribution in [3.63, 3.8) is 0 Å². The van der Waals surface area contributed by atoms with Crippen molar-refractivity contribution in [1.82, 2.24) is 9.78 Å². The molecule has 4 heteroatoms. The molecule has 0 amide bonds. The molecule has 1 aromatic rings. The van der Waals surface area contributed by atoms with Crippen LogP contribution in [0, 0.1) is 0 Å². The molecule has 1 rings (SSSR count). The lowest BCUT2D eigenvalue weighted by atomic mass is 10.7. The maximum atomic E-state index is 4.04. The first-order valence-electron chi connectivity index (χ1n) is 2.54. The van der Waals surface area contributed by atoms with Gasteiger partial charge in [0.25, 0.3) is 0 Å². The van der Waals surface area contributed by atoms with Gasteiger partial charge in [0.1, 0.15) is 4.95 Å². The Morgan fingerprint density at radius 1 is 1.78 bits per heavy atom. The number of hydrogen-bond acceptors (Lipinski definition) is 1. The van der Waals surface area contributed by atoms with Gasteiger partial charge in [0, 0.05) is 6.20 Å². The van der Waals surface area contributed by atoms with Crippen LogP contribution in [0.1, 0.15) is 11.9 Å². The summed E-state index contributed by atoms with van der Waals surface area (Å²) in [5.41, 5.74) is 0. The van der Waals surface area contributed by atoms with E-state index in [2.05, 4.69) is 37.0 Å². The normalized spacial score (nSPS) is 13.7. The molecule has 1 heterocycles. The van der Waals surface area contributed by atoms with Gasteiger partial charge in [0.05, 0.1) is 10.7 Å². The van der Waals surface area contributed by atoms with Crippen molar-refractivity contribution in [3.8, 4) is 0 Å². The summed E-state index contributed by atoms with van der Waals surface area (Å²) >= 11 is 6.67. The summed E-state index contributed by atoms with van der Waals surface area (Å²) in [4.78, 5) is 0.267. The standard InChI is InChI=1S/C5H6Br2N2/c1-4(6)9-3-5(7)2-8-9/h2-4H,1H3. The van der Waals surface area contributed by atoms with E-state index >= 15 is 0 Å². The molecule has 0 N–H and O–H groups in total. The molecule has 1 unspecified atom stereocenters. The lowest BCUT2D eigenvalue weighted by molar-refractivity contribution is 0.652. The van der Waals surface area contributed by atoms with Crippen LogP contribution in [-0.4, -0.2) is 9.78 Å². The highest BCUT2D eigenvalue weighted by molar-refractivity contribution is 9.10. The van der Waals surface area contributed by atoms with Crippen molar-refractivity contribution in [1.29, 1.82) is 0 Å². The van der Waals surface area contributed by atoms with Gasteiger partial charge in [-0.15, -0.1) is 0 Å². The van der Waals surface area contributed by atoms with E-state index in [-0.39, 0.29) is 4.95 Å². The van der Waals surface area contributed by atoms with Crippen LogP contribution in [0.15, 0.2) is 16.9 Å². The molecule has 0 aliphatic heterocycles. The summed E-state index contributed by atoms with van der Waals surface area (Å²) in [5.74, 6) is 0. The number of halogens is 2. The number of nitrogens with zero attached hydrogens (tertiary/aromatic N) is 2. The molecule has 0 bridgehead atoms. The van der Waals surface area contributed by atoms with Crippen molar-refractivity contribution in [2.24, 2.45) is 0 Å². The van der Waals surface area contributed by atoms with Crippen LogP contribution in [-0.2, 0) is 0 Å². The second-order valence-corrected chi connectivity index (χ2v) is 3.95. The third-order valence-electron chi connectivity index (χ3n) is 0.935. The van der Waals surface area contributed by atoms with Crippen LogP contribution in [0.4, 0.5) is 0 Å². The van der Waals surface area contributed by atoms with Gasteiger partial charge in [0.2, 0.25) is 0 Å². The zero-order chi connectivity index (χ0) is 6.85. The molecule has 0 radical (unpaired) electrons. The molecule has 0 saturated carbocycles. The van der Waals surface area contributed by atoms with Crippen LogP contribution in [0.5, 0.6) is 0 Å². The molecule has 1 atom stereocenters. The predicted molar refractivity (Wildman–Crippen MR) is 43.6 cm³/mol. The van der Waals surface area contributed by atoms with Crippen molar-refractivity contribution >= 4 is 31.9 Å². The van der Waals surface area contributed by atoms with Crippen molar-refractivity contribution in [2.45, 2.75) is 11.9 Å². The predicted octanol–water partition coefficient (Wildman–Crippen LogP) is 2.56. The quantitative estimate of drug-likeness (QED) is 0.704. The van der Waals surface area contributed by atoms with Gasteiger partial charge in [-0.2, -0.15) is 5.10 Å². The molecule has 0 aliphatic carbocycles. The fourth-order valence-corrected chi connectivity index (χ4v) is 1.03. The molecule has 0 saturated heterocycles. The van der Waals surface area contributed by atoms with Crippen LogP contribution in [0.2, 0.25) is 0 Å². The molecule has 0 aliphatic rings. The summed E-state index contributed by atoms with van der Waals surface area (Å²) in [6, 6.07) is 0. The number of rotatable bonds is 1. The van der Waals surface area contributed by atoms with Crippen molar-refractivity contribution < 1.29 is 0 Å². The van der Waals surface area contributed by atoms with Gasteiger partial charge in [-0.05, 0) is 22.9 Å². The third kappa shape index (κ3) is 1.79. The zero-order valence-electron chi connectivity index (χ0n) is 4.88. The minimum absolute atomic E-state index is 0.267. The maximum Gasteiger partial charge on any atom is 0.104 e. The lowest BCUT2D eigenvalue weighted by Crippen LogP contribution is -1.96. The Bertz CT molecular complexity index is 195. The second-order valence-electron chi connectivity index (χ2n) is 1.71. The molecular weight excluding hydrogens is 248 g/mol. The monoisotopic (exact) mass is 252 g/mol. The van der Waals surface area contributed by atoms with Crippen LogP contribution >= 0.6 is 31.9 Å². The van der Waals surface area contributed by atoms with E-state index < -0.39 is 0 Å². The largest absolute Gasteiger partial charge is 0.258 e. The van der Waals surface area contributed by atoms with Gasteiger partial charge in [-0.1, -0.05) is 15.9 Å². The first-order chi connectivity index (χ1) is 4.20. The Morgan fingerprint density at radius 3 is 2.67 bits per heavy atom. The molecule has 0 spiro atoms. The van der Waals surface area contributed by atoms with Crippen LogP contribution in [0.3, 0.4) is 0 Å². The number of aromatic nitrogens is 2. The second kappa shape index (κ2) is 2.84. The van der Waals surface area contributed by atoms with Gasteiger partial charge in [-0.25, -0.2) is 0 Å². The molecular formula is C5H6Br2N2. The highest BCUT2D eigenvalue weighted by atomic mass is 79.9. The molecule has 1 aromatic heterocycles. The average Bonchev–Trinajstić information content (AvgIpc) is 2.14. The first kappa shape index (κ1) is 7.28. The summed E-state index contributed by atoms with van der Waals surface area (Å²) in [5, 5.41) is 4.04. The zero-order valence-corrected chi connectivity index (χ0v) is 8.05. The lowest BCUT2D eigenvalue weighted by Gasteiger charge is -1.99. The summed E-state index contributed by atoms with van der Waals surface area (Å²) in [6.45, 7) is 2.01. The Hall–Kier alpha value is 0.170. The summed E-state index contributed by atoms with van der Waals surface area (Å²) in [7, 11) is 0. The minimum atomic E-state index is 0.267. The summed E-state index contributed by atoms with van der Waals surface area (Å²) < 4.78 is 2.83. The Labute approximate surface area is 70.5 Å². The fraction of sp³-hybridized carbons (Fsp3) is 0.400. The Morgan fingerprint density at radius 2 is 2.44 bits per heavy atom. The highest BCUT2D eigenvalue weighted by Gasteiger charge is 1.98. The van der Waals surface area contributed by atoms with E-state index in [9.17, 15) is 0 Å². The maximum absolute atomic E-state index is 4.04. The Kier molecular flexibility index (Phi) is 2.29. The van der Waals surface area contributed by atoms with Gasteiger partial charge in [0.15, 0.2) is 0 Å². The third-order valence-corrected chi connectivity index (χ3v) is 1.76. The molecule has 0 aromatic carbocycles. The highest BCUT2D eigenvalue weighted by Crippen LogP contribution is 2.15. The van der Waals surface area contributed by atoms with E-state index in [0.717, 1.165) is 4.47 Å². The van der Waals surface area contributed by atoms with E-state index in [4.69, 9.17) is 0 Å². The van der Waals surface area contributed by atoms with E-state index in [1.165, 1.54) is 0 Å². The SMILES string of the molecule is CC(Br)n1cc(Br)cn1. The van der Waals surface area contributed by atoms with Crippen molar-refractivity contribution in [3.05, 3.63) is 16.9 Å². The minimum Gasteiger partial charge on any atom is -0.258 e. The van der Waals surface area contributed by atoms with E-state index in [1.807, 2.05) is 17.8 Å². The van der Waals surface area contributed by atoms with E-state index in [0.29, 0.717) is 0 Å². The molecule has 0 fully saturated rings. The molecule has 2 nitrogen and oxygen atoms in total. The number of alkyl halides is 1. The number of hydrogen-bond donors (Lipinski definition) is 0. The smallest absolute Gasteiger partial charge is 0.104 e.